The fourth-order valence-corrected chi connectivity index (χ4v) is 9.09. The summed E-state index contributed by atoms with van der Waals surface area (Å²) in [6.45, 7) is 13.7. The van der Waals surface area contributed by atoms with Crippen LogP contribution in [0.5, 0.6) is 0 Å². The van der Waals surface area contributed by atoms with Crippen LogP contribution >= 0.6 is 0 Å². The maximum absolute atomic E-state index is 11.4. The van der Waals surface area contributed by atoms with Gasteiger partial charge in [-0.05, 0) is 79.4 Å². The number of ether oxygens (including phenoxy) is 2. The Morgan fingerprint density at radius 3 is 2.35 bits per heavy atom. The molecule has 178 valence electrons. The molecule has 0 unspecified atom stereocenters. The Bertz CT molecular complexity index is 624. The van der Waals surface area contributed by atoms with Gasteiger partial charge in [-0.2, -0.15) is 0 Å². The average Bonchev–Trinajstić information content (AvgIpc) is 3.34. The molecule has 3 saturated carbocycles. The number of aldehydes is 1. The van der Waals surface area contributed by atoms with Crippen LogP contribution in [0.1, 0.15) is 105 Å². The van der Waals surface area contributed by atoms with E-state index < -0.39 is 5.79 Å². The van der Waals surface area contributed by atoms with Gasteiger partial charge >= 0.3 is 0 Å². The Labute approximate surface area is 191 Å². The van der Waals surface area contributed by atoms with Crippen molar-refractivity contribution in [2.75, 3.05) is 13.2 Å². The van der Waals surface area contributed by atoms with Gasteiger partial charge in [-0.3, -0.25) is 0 Å². The maximum Gasteiger partial charge on any atom is 0.174 e. The predicted octanol–water partition coefficient (Wildman–Crippen LogP) is 7.03. The largest absolute Gasteiger partial charge is 0.347 e. The molecular weight excluding hydrogens is 384 g/mol. The number of fused-ring (bicyclic) bond motifs is 3. The van der Waals surface area contributed by atoms with Crippen LogP contribution in [0.25, 0.3) is 0 Å². The third-order valence-electron chi connectivity index (χ3n) is 10.7. The minimum atomic E-state index is -0.437. The van der Waals surface area contributed by atoms with Crippen LogP contribution < -0.4 is 0 Å². The van der Waals surface area contributed by atoms with Gasteiger partial charge in [0.25, 0.3) is 0 Å². The van der Waals surface area contributed by atoms with Crippen LogP contribution in [0.4, 0.5) is 0 Å². The molecule has 0 aromatic heterocycles. The van der Waals surface area contributed by atoms with Crippen molar-refractivity contribution in [3.63, 3.8) is 0 Å². The highest BCUT2D eigenvalue weighted by Gasteiger charge is 2.65. The van der Waals surface area contributed by atoms with Gasteiger partial charge in [0.2, 0.25) is 0 Å². The molecule has 1 heterocycles. The first kappa shape index (κ1) is 23.7. The molecule has 0 N–H and O–H groups in total. The van der Waals surface area contributed by atoms with Crippen molar-refractivity contribution in [1.29, 1.82) is 0 Å². The Kier molecular flexibility index (Phi) is 6.96. The molecule has 0 aromatic rings. The minimum absolute atomic E-state index is 0.0321. The van der Waals surface area contributed by atoms with Crippen molar-refractivity contribution in [1.82, 2.24) is 0 Å². The van der Waals surface area contributed by atoms with Gasteiger partial charge in [-0.1, -0.05) is 53.9 Å². The highest BCUT2D eigenvalue weighted by atomic mass is 16.7. The van der Waals surface area contributed by atoms with Crippen molar-refractivity contribution < 1.29 is 14.3 Å². The lowest BCUT2D eigenvalue weighted by Crippen LogP contribution is -2.60. The molecule has 7 atom stereocenters. The van der Waals surface area contributed by atoms with E-state index in [1.165, 1.54) is 51.4 Å². The molecule has 3 heteroatoms. The smallest absolute Gasteiger partial charge is 0.174 e. The number of hydrogen-bond donors (Lipinski definition) is 0. The second-order valence-corrected chi connectivity index (χ2v) is 12.5. The van der Waals surface area contributed by atoms with Gasteiger partial charge in [-0.15, -0.1) is 0 Å². The number of hydrogen-bond acceptors (Lipinski definition) is 3. The van der Waals surface area contributed by atoms with Gasteiger partial charge in [0.15, 0.2) is 5.79 Å². The van der Waals surface area contributed by atoms with Crippen LogP contribution in [-0.2, 0) is 14.3 Å². The second-order valence-electron chi connectivity index (χ2n) is 12.5. The van der Waals surface area contributed by atoms with E-state index in [0.29, 0.717) is 31.0 Å². The maximum atomic E-state index is 11.4. The van der Waals surface area contributed by atoms with E-state index in [4.69, 9.17) is 9.47 Å². The van der Waals surface area contributed by atoms with Crippen molar-refractivity contribution >= 4 is 6.29 Å². The normalized spacial score (nSPS) is 42.5. The van der Waals surface area contributed by atoms with Gasteiger partial charge in [0, 0.05) is 18.3 Å². The molecule has 31 heavy (non-hydrogen) atoms. The molecule has 0 aromatic carbocycles. The predicted molar refractivity (Wildman–Crippen MR) is 126 cm³/mol. The standard InChI is InChI=1S/C28H48O3/c1-20(2)8-6-9-21(3)23-10-11-24-22-12-16-28(30-18-19-31-28)27(5,14-7-17-29)25(22)13-15-26(23,24)4/h17,20-25H,6-16,18-19H2,1-5H3/t21-,22+,23-,24+,25+,26-,27-/m1/s1. The van der Waals surface area contributed by atoms with Crippen molar-refractivity contribution in [3.05, 3.63) is 0 Å². The van der Waals surface area contributed by atoms with E-state index in [9.17, 15) is 4.79 Å². The summed E-state index contributed by atoms with van der Waals surface area (Å²) < 4.78 is 12.7. The van der Waals surface area contributed by atoms with Crippen LogP contribution in [0.2, 0.25) is 0 Å². The van der Waals surface area contributed by atoms with Crippen molar-refractivity contribution in [2.24, 2.45) is 46.3 Å². The zero-order valence-electron chi connectivity index (χ0n) is 21.0. The van der Waals surface area contributed by atoms with Gasteiger partial charge in [-0.25, -0.2) is 0 Å². The monoisotopic (exact) mass is 432 g/mol. The van der Waals surface area contributed by atoms with Crippen LogP contribution in [-0.4, -0.2) is 25.3 Å². The Morgan fingerprint density at radius 1 is 0.935 bits per heavy atom. The number of rotatable bonds is 8. The van der Waals surface area contributed by atoms with Crippen molar-refractivity contribution in [3.8, 4) is 0 Å². The molecule has 4 aliphatic rings. The first-order valence-electron chi connectivity index (χ1n) is 13.5. The first-order valence-corrected chi connectivity index (χ1v) is 13.5. The molecule has 4 rings (SSSR count). The van der Waals surface area contributed by atoms with E-state index in [1.54, 1.807) is 0 Å². The van der Waals surface area contributed by atoms with E-state index >= 15 is 0 Å². The fourth-order valence-electron chi connectivity index (χ4n) is 9.09. The highest BCUT2D eigenvalue weighted by molar-refractivity contribution is 5.49. The van der Waals surface area contributed by atoms with Crippen LogP contribution in [0, 0.1) is 46.3 Å². The Morgan fingerprint density at radius 2 is 1.68 bits per heavy atom. The summed E-state index contributed by atoms with van der Waals surface area (Å²) in [6, 6.07) is 0. The lowest BCUT2D eigenvalue weighted by molar-refractivity contribution is -0.291. The minimum Gasteiger partial charge on any atom is -0.347 e. The van der Waals surface area contributed by atoms with E-state index in [2.05, 4.69) is 34.6 Å². The molecule has 3 nitrogen and oxygen atoms in total. The molecule has 1 saturated heterocycles. The van der Waals surface area contributed by atoms with Crippen LogP contribution in [0.15, 0.2) is 0 Å². The van der Waals surface area contributed by atoms with E-state index in [0.717, 1.165) is 48.7 Å². The molecule has 0 bridgehead atoms. The lowest BCUT2D eigenvalue weighted by atomic mass is 9.46. The molecule has 0 amide bonds. The van der Waals surface area contributed by atoms with Crippen molar-refractivity contribution in [2.45, 2.75) is 111 Å². The molecule has 4 fully saturated rings. The van der Waals surface area contributed by atoms with Crippen LogP contribution in [0.3, 0.4) is 0 Å². The first-order chi connectivity index (χ1) is 14.8. The SMILES string of the molecule is CC(C)CCC[C@@H](C)[C@H]1CC[C@H]2[C@@H]3CCC4(OCCO4)[C@](C)(CCC=O)[C@H]3CC[C@]12C. The molecule has 1 spiro atoms. The Hall–Kier alpha value is -0.410. The lowest BCUT2D eigenvalue weighted by Gasteiger charge is -2.61. The summed E-state index contributed by atoms with van der Waals surface area (Å²) in [6.07, 6.45) is 14.6. The van der Waals surface area contributed by atoms with Gasteiger partial charge in [0.05, 0.1) is 13.2 Å². The quantitative estimate of drug-likeness (QED) is 0.386. The van der Waals surface area contributed by atoms with E-state index in [-0.39, 0.29) is 5.41 Å². The summed E-state index contributed by atoms with van der Waals surface area (Å²) in [4.78, 5) is 11.4. The third kappa shape index (κ3) is 3.94. The number of carbonyl (C=O) groups is 1. The molecule has 1 aliphatic heterocycles. The summed E-state index contributed by atoms with van der Waals surface area (Å²) in [5.74, 6) is 4.39. The zero-order valence-corrected chi connectivity index (χ0v) is 21.0. The second kappa shape index (κ2) is 9.09. The molecule has 0 radical (unpaired) electrons. The average molecular weight is 433 g/mol. The zero-order chi connectivity index (χ0) is 22.3. The topological polar surface area (TPSA) is 35.5 Å². The summed E-state index contributed by atoms with van der Waals surface area (Å²) in [7, 11) is 0. The summed E-state index contributed by atoms with van der Waals surface area (Å²) in [5.41, 5.74) is 0.474. The number of carbonyl (C=O) groups excluding carboxylic acids is 1. The highest BCUT2D eigenvalue weighted by Crippen LogP contribution is 2.68. The summed E-state index contributed by atoms with van der Waals surface area (Å²) >= 11 is 0. The van der Waals surface area contributed by atoms with Gasteiger partial charge in [0.1, 0.15) is 6.29 Å². The molecule has 3 aliphatic carbocycles. The third-order valence-corrected chi connectivity index (χ3v) is 10.7. The van der Waals surface area contributed by atoms with Gasteiger partial charge < -0.3 is 14.3 Å². The van der Waals surface area contributed by atoms with E-state index in [1.807, 2.05) is 0 Å². The fraction of sp³-hybridized carbons (Fsp3) is 0.964. The summed E-state index contributed by atoms with van der Waals surface area (Å²) in [5, 5.41) is 0. The Balaban J connectivity index is 1.52. The molecular formula is C28H48O3.